The van der Waals surface area contributed by atoms with Crippen molar-refractivity contribution >= 4 is 16.9 Å². The molecule has 1 amide bonds. The average Bonchev–Trinajstić information content (AvgIpc) is 3.24. The molecule has 136 valence electrons. The van der Waals surface area contributed by atoms with Crippen molar-refractivity contribution in [3.8, 4) is 5.69 Å². The van der Waals surface area contributed by atoms with E-state index >= 15 is 0 Å². The number of rotatable bonds is 4. The first-order valence-corrected chi connectivity index (χ1v) is 8.90. The number of aromatic amines is 1. The van der Waals surface area contributed by atoms with Gasteiger partial charge in [0.15, 0.2) is 0 Å². The number of nitrogens with one attached hydrogen (secondary N) is 2. The van der Waals surface area contributed by atoms with Gasteiger partial charge in [0.2, 0.25) is 0 Å². The maximum Gasteiger partial charge on any atom is 0.251 e. The summed E-state index contributed by atoms with van der Waals surface area (Å²) in [5.74, 6) is 0.603. The number of carbonyl (C=O) groups is 1. The summed E-state index contributed by atoms with van der Waals surface area (Å²) in [5.41, 5.74) is 5.41. The minimum Gasteiger partial charge on any atom is -0.342 e. The van der Waals surface area contributed by atoms with Crippen molar-refractivity contribution in [3.05, 3.63) is 77.4 Å². The molecule has 0 spiro atoms. The second kappa shape index (κ2) is 6.72. The van der Waals surface area contributed by atoms with Crippen LogP contribution in [-0.2, 0) is 0 Å². The van der Waals surface area contributed by atoms with Crippen molar-refractivity contribution in [1.82, 2.24) is 25.1 Å². The Hall–Kier alpha value is -3.41. The Morgan fingerprint density at radius 1 is 1.11 bits per heavy atom. The number of aryl methyl sites for hydroxylation is 2. The van der Waals surface area contributed by atoms with Gasteiger partial charge in [0.25, 0.3) is 5.91 Å². The lowest BCUT2D eigenvalue weighted by Gasteiger charge is -2.12. The van der Waals surface area contributed by atoms with Gasteiger partial charge < -0.3 is 10.3 Å². The molecule has 6 heteroatoms. The Morgan fingerprint density at radius 2 is 1.85 bits per heavy atom. The van der Waals surface area contributed by atoms with Crippen LogP contribution in [0.25, 0.3) is 16.7 Å². The van der Waals surface area contributed by atoms with Crippen LogP contribution in [0, 0.1) is 13.8 Å². The zero-order valence-corrected chi connectivity index (χ0v) is 15.5. The van der Waals surface area contributed by atoms with Gasteiger partial charge in [-0.2, -0.15) is 5.10 Å². The molecule has 2 aromatic heterocycles. The number of hydrogen-bond acceptors (Lipinski definition) is 3. The fourth-order valence-corrected chi connectivity index (χ4v) is 3.17. The summed E-state index contributed by atoms with van der Waals surface area (Å²) in [7, 11) is 0. The van der Waals surface area contributed by atoms with Gasteiger partial charge in [-0.15, -0.1) is 0 Å². The van der Waals surface area contributed by atoms with Crippen LogP contribution in [0.2, 0.25) is 0 Å². The molecule has 0 saturated carbocycles. The summed E-state index contributed by atoms with van der Waals surface area (Å²) in [6.45, 7) is 5.89. The van der Waals surface area contributed by atoms with Gasteiger partial charge in [-0.05, 0) is 63.2 Å². The first kappa shape index (κ1) is 17.0. The van der Waals surface area contributed by atoms with Crippen molar-refractivity contribution in [2.75, 3.05) is 0 Å². The van der Waals surface area contributed by atoms with Crippen molar-refractivity contribution in [3.63, 3.8) is 0 Å². The van der Waals surface area contributed by atoms with Crippen molar-refractivity contribution in [1.29, 1.82) is 0 Å². The van der Waals surface area contributed by atoms with E-state index in [0.29, 0.717) is 5.56 Å². The molecule has 2 aromatic carbocycles. The molecule has 6 nitrogen and oxygen atoms in total. The molecule has 0 aliphatic rings. The normalized spacial score (nSPS) is 12.3. The van der Waals surface area contributed by atoms with Crippen LogP contribution in [-0.4, -0.2) is 25.7 Å². The highest BCUT2D eigenvalue weighted by Crippen LogP contribution is 2.17. The van der Waals surface area contributed by atoms with Crippen LogP contribution >= 0.6 is 0 Å². The third kappa shape index (κ3) is 3.33. The molecule has 1 unspecified atom stereocenters. The first-order valence-electron chi connectivity index (χ1n) is 8.90. The summed E-state index contributed by atoms with van der Waals surface area (Å²) in [6, 6.07) is 17.0. The largest absolute Gasteiger partial charge is 0.342 e. The van der Waals surface area contributed by atoms with E-state index in [-0.39, 0.29) is 11.9 Å². The van der Waals surface area contributed by atoms with E-state index in [1.807, 2.05) is 80.1 Å². The molecule has 2 N–H and O–H groups in total. The minimum atomic E-state index is -0.222. The predicted molar refractivity (Wildman–Crippen MR) is 105 cm³/mol. The van der Waals surface area contributed by atoms with Crippen LogP contribution in [0.4, 0.5) is 0 Å². The number of carbonyl (C=O) groups excluding carboxylic acids is 1. The van der Waals surface area contributed by atoms with E-state index in [1.165, 1.54) is 0 Å². The topological polar surface area (TPSA) is 75.6 Å². The van der Waals surface area contributed by atoms with Gasteiger partial charge in [0.05, 0.1) is 28.5 Å². The first-order chi connectivity index (χ1) is 13.0. The number of nitrogens with zero attached hydrogens (tertiary/aromatic N) is 3. The van der Waals surface area contributed by atoms with Gasteiger partial charge in [-0.3, -0.25) is 4.79 Å². The van der Waals surface area contributed by atoms with E-state index < -0.39 is 0 Å². The van der Waals surface area contributed by atoms with E-state index in [4.69, 9.17) is 0 Å². The summed E-state index contributed by atoms with van der Waals surface area (Å²) in [4.78, 5) is 20.4. The molecule has 4 aromatic rings. The Morgan fingerprint density at radius 3 is 2.52 bits per heavy atom. The van der Waals surface area contributed by atoms with Crippen molar-refractivity contribution in [2.24, 2.45) is 0 Å². The SMILES string of the molecule is Cc1cc(C)n(-c2ccc(C(=O)NC(C)c3nc4ccccc4[nH]3)cc2)n1. The molecule has 2 heterocycles. The van der Waals surface area contributed by atoms with Gasteiger partial charge in [-0.1, -0.05) is 12.1 Å². The van der Waals surface area contributed by atoms with Crippen LogP contribution in [0.3, 0.4) is 0 Å². The summed E-state index contributed by atoms with van der Waals surface area (Å²) in [5, 5.41) is 7.46. The van der Waals surface area contributed by atoms with Gasteiger partial charge in [0.1, 0.15) is 5.82 Å². The Balaban J connectivity index is 1.50. The number of para-hydroxylation sites is 2. The zero-order valence-electron chi connectivity index (χ0n) is 15.5. The lowest BCUT2D eigenvalue weighted by molar-refractivity contribution is 0.0938. The molecule has 0 aliphatic carbocycles. The van der Waals surface area contributed by atoms with Crippen molar-refractivity contribution < 1.29 is 4.79 Å². The molecule has 27 heavy (non-hydrogen) atoms. The molecule has 0 saturated heterocycles. The van der Waals surface area contributed by atoms with Gasteiger partial charge in [-0.25, -0.2) is 9.67 Å². The maximum absolute atomic E-state index is 12.6. The van der Waals surface area contributed by atoms with Crippen LogP contribution in [0.15, 0.2) is 54.6 Å². The molecule has 0 bridgehead atoms. The number of imidazole rings is 1. The lowest BCUT2D eigenvalue weighted by Crippen LogP contribution is -2.27. The number of H-pyrrole nitrogens is 1. The number of benzene rings is 2. The smallest absolute Gasteiger partial charge is 0.251 e. The second-order valence-corrected chi connectivity index (χ2v) is 6.72. The van der Waals surface area contributed by atoms with Gasteiger partial charge >= 0.3 is 0 Å². The van der Waals surface area contributed by atoms with Crippen molar-refractivity contribution in [2.45, 2.75) is 26.8 Å². The predicted octanol–water partition coefficient (Wildman–Crippen LogP) is 3.86. The number of aromatic nitrogens is 4. The molecule has 1 atom stereocenters. The van der Waals surface area contributed by atoms with Crippen LogP contribution in [0.1, 0.15) is 40.5 Å². The quantitative estimate of drug-likeness (QED) is 0.581. The fourth-order valence-electron chi connectivity index (χ4n) is 3.17. The molecule has 0 fully saturated rings. The molecule has 0 radical (unpaired) electrons. The highest BCUT2D eigenvalue weighted by Gasteiger charge is 2.15. The Kier molecular flexibility index (Phi) is 4.24. The average molecular weight is 359 g/mol. The fraction of sp³-hybridized carbons (Fsp3) is 0.190. The zero-order chi connectivity index (χ0) is 19.0. The number of amides is 1. The summed E-state index contributed by atoms with van der Waals surface area (Å²) < 4.78 is 1.87. The van der Waals surface area contributed by atoms with E-state index in [0.717, 1.165) is 33.9 Å². The van der Waals surface area contributed by atoms with Gasteiger partial charge in [0, 0.05) is 11.3 Å². The Labute approximate surface area is 157 Å². The number of hydrogen-bond donors (Lipinski definition) is 2. The molecule has 0 aliphatic heterocycles. The van der Waals surface area contributed by atoms with E-state index in [2.05, 4.69) is 20.4 Å². The van der Waals surface area contributed by atoms with E-state index in [1.54, 1.807) is 0 Å². The Bertz CT molecular complexity index is 1070. The molecular formula is C21H21N5O. The molecular weight excluding hydrogens is 338 g/mol. The van der Waals surface area contributed by atoms with Crippen LogP contribution in [0.5, 0.6) is 0 Å². The highest BCUT2D eigenvalue weighted by molar-refractivity contribution is 5.94. The second-order valence-electron chi connectivity index (χ2n) is 6.72. The third-order valence-corrected chi connectivity index (χ3v) is 4.55. The highest BCUT2D eigenvalue weighted by atomic mass is 16.1. The monoisotopic (exact) mass is 359 g/mol. The van der Waals surface area contributed by atoms with Crippen LogP contribution < -0.4 is 5.32 Å². The summed E-state index contributed by atoms with van der Waals surface area (Å²) in [6.07, 6.45) is 0. The summed E-state index contributed by atoms with van der Waals surface area (Å²) >= 11 is 0. The van der Waals surface area contributed by atoms with E-state index in [9.17, 15) is 4.79 Å². The molecule has 4 rings (SSSR count). The third-order valence-electron chi connectivity index (χ3n) is 4.55. The number of fused-ring (bicyclic) bond motifs is 1. The minimum absolute atomic E-state index is 0.136. The lowest BCUT2D eigenvalue weighted by atomic mass is 10.1. The standard InChI is InChI=1S/C21H21N5O/c1-13-12-14(2)26(25-13)17-10-8-16(9-11-17)21(27)22-15(3)20-23-18-6-4-5-7-19(18)24-20/h4-12,15H,1-3H3,(H,22,27)(H,23,24). The maximum atomic E-state index is 12.6.